The van der Waals surface area contributed by atoms with Gasteiger partial charge in [0, 0.05) is 17.3 Å². The van der Waals surface area contributed by atoms with Gasteiger partial charge in [-0.25, -0.2) is 4.98 Å². The van der Waals surface area contributed by atoms with Crippen molar-refractivity contribution >= 4 is 40.1 Å². The van der Waals surface area contributed by atoms with Crippen LogP contribution < -0.4 is 4.90 Å². The van der Waals surface area contributed by atoms with E-state index in [-0.39, 0.29) is 18.3 Å². The first-order valence-electron chi connectivity index (χ1n) is 10.8. The van der Waals surface area contributed by atoms with Crippen molar-refractivity contribution in [1.82, 2.24) is 35.2 Å². The lowest BCUT2D eigenvalue weighted by molar-refractivity contribution is -0.159. The van der Waals surface area contributed by atoms with Crippen LogP contribution in [0.2, 0.25) is 0 Å². The lowest BCUT2D eigenvalue weighted by atomic mass is 10.2. The summed E-state index contributed by atoms with van der Waals surface area (Å²) in [5.74, 6) is -0.254. The third-order valence-corrected chi connectivity index (χ3v) is 7.66. The molecule has 4 aromatic rings. The Hall–Kier alpha value is -3.63. The molecular formula is C21H17F3N8O3S2. The number of aromatic nitrogens is 6. The SMILES string of the molecule is O=C(c1cnnc(N(Cc2ccc(-c3noc(C(F)(F)F)n3)s2)c2cnccn2)c1)N1CC[S+]([O-])CC1. The quantitative estimate of drug-likeness (QED) is 0.330. The van der Waals surface area contributed by atoms with E-state index in [0.717, 1.165) is 4.88 Å². The molecule has 1 fully saturated rings. The minimum atomic E-state index is -4.74. The third kappa shape index (κ3) is 5.70. The summed E-state index contributed by atoms with van der Waals surface area (Å²) in [7, 11) is 0. The van der Waals surface area contributed by atoms with Crippen molar-refractivity contribution in [2.24, 2.45) is 0 Å². The van der Waals surface area contributed by atoms with Gasteiger partial charge in [0.2, 0.25) is 5.82 Å². The molecule has 1 aliphatic rings. The molecular weight excluding hydrogens is 533 g/mol. The monoisotopic (exact) mass is 550 g/mol. The molecule has 5 rings (SSSR count). The topological polar surface area (TPSA) is 137 Å². The number of carbonyl (C=O) groups excluding carboxylic acids is 1. The molecule has 37 heavy (non-hydrogen) atoms. The van der Waals surface area contributed by atoms with Crippen molar-refractivity contribution in [3.05, 3.63) is 59.3 Å². The zero-order valence-corrected chi connectivity index (χ0v) is 20.5. The van der Waals surface area contributed by atoms with Crippen molar-refractivity contribution < 1.29 is 27.0 Å². The molecule has 0 saturated carbocycles. The number of halogens is 3. The van der Waals surface area contributed by atoms with Crippen LogP contribution in [0.1, 0.15) is 21.1 Å². The Bertz CT molecular complexity index is 1380. The van der Waals surface area contributed by atoms with Crippen molar-refractivity contribution in [3.8, 4) is 10.7 Å². The normalized spacial score (nSPS) is 14.6. The fourth-order valence-electron chi connectivity index (χ4n) is 3.52. The lowest BCUT2D eigenvalue weighted by Gasteiger charge is -2.28. The molecule has 1 saturated heterocycles. The molecule has 0 N–H and O–H groups in total. The molecule has 0 bridgehead atoms. The van der Waals surface area contributed by atoms with Gasteiger partial charge in [-0.3, -0.25) is 9.78 Å². The molecule has 5 heterocycles. The van der Waals surface area contributed by atoms with Gasteiger partial charge in [0.05, 0.1) is 42.5 Å². The predicted octanol–water partition coefficient (Wildman–Crippen LogP) is 2.94. The second-order valence-electron chi connectivity index (χ2n) is 7.78. The smallest absolute Gasteiger partial charge is 0.471 e. The van der Waals surface area contributed by atoms with E-state index in [4.69, 9.17) is 0 Å². The second-order valence-corrected chi connectivity index (χ2v) is 10.6. The zero-order chi connectivity index (χ0) is 26.0. The van der Waals surface area contributed by atoms with Crippen LogP contribution in [-0.4, -0.2) is 70.3 Å². The number of hydrogen-bond donors (Lipinski definition) is 0. The fraction of sp³-hybridized carbons (Fsp3) is 0.286. The van der Waals surface area contributed by atoms with Crippen LogP contribution in [0.5, 0.6) is 0 Å². The number of thiophene rings is 1. The minimum absolute atomic E-state index is 0.176. The highest BCUT2D eigenvalue weighted by atomic mass is 32.2. The maximum atomic E-state index is 13.0. The minimum Gasteiger partial charge on any atom is -0.616 e. The Kier molecular flexibility index (Phi) is 7.03. The highest BCUT2D eigenvalue weighted by Gasteiger charge is 2.38. The van der Waals surface area contributed by atoms with Gasteiger partial charge < -0.3 is 18.9 Å². The molecule has 0 atom stereocenters. The first-order chi connectivity index (χ1) is 17.8. The van der Waals surface area contributed by atoms with E-state index >= 15 is 0 Å². The van der Waals surface area contributed by atoms with Crippen LogP contribution in [0.15, 0.2) is 47.5 Å². The van der Waals surface area contributed by atoms with Crippen LogP contribution >= 0.6 is 11.3 Å². The Morgan fingerprint density at radius 2 is 2.00 bits per heavy atom. The highest BCUT2D eigenvalue weighted by Crippen LogP contribution is 2.33. The van der Waals surface area contributed by atoms with E-state index < -0.39 is 23.2 Å². The summed E-state index contributed by atoms with van der Waals surface area (Å²) >= 11 is 0.244. The van der Waals surface area contributed by atoms with Gasteiger partial charge in [-0.2, -0.15) is 23.3 Å². The maximum Gasteiger partial charge on any atom is 0.471 e. The fourth-order valence-corrected chi connectivity index (χ4v) is 5.49. The first-order valence-corrected chi connectivity index (χ1v) is 13.1. The van der Waals surface area contributed by atoms with E-state index in [2.05, 4.69) is 34.8 Å². The van der Waals surface area contributed by atoms with Gasteiger partial charge in [-0.15, -0.1) is 16.4 Å². The Labute approximate surface area is 214 Å². The second kappa shape index (κ2) is 10.4. The summed E-state index contributed by atoms with van der Waals surface area (Å²) in [5, 5.41) is 11.6. The van der Waals surface area contributed by atoms with E-state index in [9.17, 15) is 22.5 Å². The molecule has 1 aliphatic heterocycles. The summed E-state index contributed by atoms with van der Waals surface area (Å²) in [6, 6.07) is 4.88. The van der Waals surface area contributed by atoms with E-state index in [1.165, 1.54) is 36.1 Å². The van der Waals surface area contributed by atoms with Gasteiger partial charge in [-0.1, -0.05) is 16.3 Å². The van der Waals surface area contributed by atoms with Gasteiger partial charge in [0.15, 0.2) is 11.6 Å². The van der Waals surface area contributed by atoms with Crippen molar-refractivity contribution in [1.29, 1.82) is 0 Å². The van der Waals surface area contributed by atoms with E-state index in [0.29, 0.717) is 46.7 Å². The van der Waals surface area contributed by atoms with Crippen molar-refractivity contribution in [2.45, 2.75) is 12.7 Å². The summed E-state index contributed by atoms with van der Waals surface area (Å²) in [6.45, 7) is 0.977. The molecule has 11 nitrogen and oxygen atoms in total. The number of hydrogen-bond acceptors (Lipinski definition) is 11. The number of rotatable bonds is 6. The van der Waals surface area contributed by atoms with Crippen LogP contribution in [0.25, 0.3) is 10.7 Å². The average molecular weight is 551 g/mol. The number of alkyl halides is 3. The number of amides is 1. The average Bonchev–Trinajstić information content (AvgIpc) is 3.58. The molecule has 0 spiro atoms. The van der Waals surface area contributed by atoms with Crippen LogP contribution in [0, 0.1) is 0 Å². The standard InChI is InChI=1S/C21H17F3N8O3S2/c22-21(23,24)20-28-18(30-35-20)15-2-1-14(36-15)12-32(17-11-25-3-4-26-17)16-9-13(10-27-29-16)19(33)31-5-7-37(34)8-6-31/h1-4,9-11H,5-8,12H2. The summed E-state index contributed by atoms with van der Waals surface area (Å²) < 4.78 is 54.5. The lowest BCUT2D eigenvalue weighted by Crippen LogP contribution is -2.43. The summed E-state index contributed by atoms with van der Waals surface area (Å²) in [4.78, 5) is 29.3. The zero-order valence-electron chi connectivity index (χ0n) is 18.8. The largest absolute Gasteiger partial charge is 0.616 e. The summed E-state index contributed by atoms with van der Waals surface area (Å²) in [6.07, 6.45) is 1.14. The first kappa shape index (κ1) is 25.0. The molecule has 16 heteroatoms. The molecule has 4 aromatic heterocycles. The molecule has 0 aliphatic carbocycles. The van der Waals surface area contributed by atoms with E-state index in [1.54, 1.807) is 28.0 Å². The Balaban J connectivity index is 1.41. The molecule has 192 valence electrons. The molecule has 0 aromatic carbocycles. The number of anilines is 2. The predicted molar refractivity (Wildman–Crippen MR) is 126 cm³/mol. The number of nitrogens with zero attached hydrogens (tertiary/aromatic N) is 8. The van der Waals surface area contributed by atoms with Gasteiger partial charge >= 0.3 is 12.1 Å². The van der Waals surface area contributed by atoms with Crippen LogP contribution in [0.3, 0.4) is 0 Å². The van der Waals surface area contributed by atoms with Crippen LogP contribution in [0.4, 0.5) is 24.8 Å². The van der Waals surface area contributed by atoms with Gasteiger partial charge in [0.1, 0.15) is 11.5 Å². The molecule has 1 amide bonds. The number of carbonyl (C=O) groups is 1. The maximum absolute atomic E-state index is 13.0. The van der Waals surface area contributed by atoms with Crippen molar-refractivity contribution in [2.75, 3.05) is 29.5 Å². The Morgan fingerprint density at radius 1 is 1.19 bits per heavy atom. The third-order valence-electron chi connectivity index (χ3n) is 5.32. The summed E-state index contributed by atoms with van der Waals surface area (Å²) in [5.41, 5.74) is 0.310. The van der Waals surface area contributed by atoms with Crippen LogP contribution in [-0.2, 0) is 23.9 Å². The Morgan fingerprint density at radius 3 is 2.70 bits per heavy atom. The van der Waals surface area contributed by atoms with Crippen molar-refractivity contribution in [3.63, 3.8) is 0 Å². The molecule has 0 unspecified atom stereocenters. The highest BCUT2D eigenvalue weighted by molar-refractivity contribution is 7.91. The van der Waals surface area contributed by atoms with Gasteiger partial charge in [0.25, 0.3) is 5.91 Å². The molecule has 0 radical (unpaired) electrons. The van der Waals surface area contributed by atoms with Gasteiger partial charge in [-0.05, 0) is 18.2 Å². The van der Waals surface area contributed by atoms with E-state index in [1.807, 2.05) is 0 Å².